The zero-order valence-corrected chi connectivity index (χ0v) is 15.6. The van der Waals surface area contributed by atoms with Crippen molar-refractivity contribution >= 4 is 5.91 Å². The van der Waals surface area contributed by atoms with Crippen LogP contribution in [0, 0.1) is 5.92 Å². The minimum Gasteiger partial charge on any atom is -0.454 e. The Hall–Kier alpha value is -2.56. The smallest absolute Gasteiger partial charge is 0.231 e. The maximum absolute atomic E-state index is 13.1. The summed E-state index contributed by atoms with van der Waals surface area (Å²) in [4.78, 5) is 19.2. The molecule has 1 aliphatic heterocycles. The largest absolute Gasteiger partial charge is 0.454 e. The van der Waals surface area contributed by atoms with Crippen molar-refractivity contribution in [3.8, 4) is 11.5 Å². The Morgan fingerprint density at radius 3 is 2.67 bits per heavy atom. The molecule has 1 fully saturated rings. The molecule has 0 saturated heterocycles. The van der Waals surface area contributed by atoms with Crippen LogP contribution < -0.4 is 9.47 Å². The molecule has 5 nitrogen and oxygen atoms in total. The number of hydrogen-bond acceptors (Lipinski definition) is 4. The van der Waals surface area contributed by atoms with Gasteiger partial charge in [0.05, 0.1) is 0 Å². The van der Waals surface area contributed by atoms with Crippen molar-refractivity contribution < 1.29 is 14.3 Å². The van der Waals surface area contributed by atoms with Crippen molar-refractivity contribution in [2.24, 2.45) is 5.92 Å². The average Bonchev–Trinajstić information content (AvgIpc) is 3.17. The van der Waals surface area contributed by atoms with Crippen molar-refractivity contribution in [1.29, 1.82) is 0 Å². The SMILES string of the molecule is O=C(CC1CCCCC1)N(Cc1cccnc1)Cc1ccc2c(c1)OCO2. The van der Waals surface area contributed by atoms with Gasteiger partial charge in [0.1, 0.15) is 0 Å². The fourth-order valence-corrected chi connectivity index (χ4v) is 3.97. The van der Waals surface area contributed by atoms with E-state index in [9.17, 15) is 4.79 Å². The van der Waals surface area contributed by atoms with Crippen molar-refractivity contribution in [2.45, 2.75) is 51.6 Å². The fraction of sp³-hybridized carbons (Fsp3) is 0.455. The van der Waals surface area contributed by atoms with Crippen LogP contribution >= 0.6 is 0 Å². The number of aromatic nitrogens is 1. The first-order chi connectivity index (χ1) is 13.3. The third-order valence-electron chi connectivity index (χ3n) is 5.45. The molecule has 1 saturated carbocycles. The van der Waals surface area contributed by atoms with E-state index in [4.69, 9.17) is 9.47 Å². The minimum atomic E-state index is 0.225. The molecule has 1 aromatic carbocycles. The van der Waals surface area contributed by atoms with Gasteiger partial charge in [0.25, 0.3) is 0 Å². The van der Waals surface area contributed by atoms with Crippen molar-refractivity contribution in [1.82, 2.24) is 9.88 Å². The summed E-state index contributed by atoms with van der Waals surface area (Å²) >= 11 is 0. The van der Waals surface area contributed by atoms with Gasteiger partial charge in [-0.15, -0.1) is 0 Å². The number of nitrogens with zero attached hydrogens (tertiary/aromatic N) is 2. The van der Waals surface area contributed by atoms with E-state index in [1.165, 1.54) is 32.1 Å². The molecule has 0 spiro atoms. The summed E-state index contributed by atoms with van der Waals surface area (Å²) in [5.41, 5.74) is 2.11. The summed E-state index contributed by atoms with van der Waals surface area (Å²) in [5.74, 6) is 2.28. The van der Waals surface area contributed by atoms with E-state index in [0.29, 0.717) is 25.4 Å². The summed E-state index contributed by atoms with van der Waals surface area (Å²) in [5, 5.41) is 0. The molecule has 0 radical (unpaired) electrons. The molecule has 4 rings (SSSR count). The fourth-order valence-electron chi connectivity index (χ4n) is 3.97. The second-order valence-electron chi connectivity index (χ2n) is 7.51. The monoisotopic (exact) mass is 366 g/mol. The number of rotatable bonds is 6. The molecular formula is C22H26N2O3. The number of hydrogen-bond donors (Lipinski definition) is 0. The van der Waals surface area contributed by atoms with Gasteiger partial charge < -0.3 is 14.4 Å². The van der Waals surface area contributed by atoms with Crippen LogP contribution in [0.4, 0.5) is 0 Å². The van der Waals surface area contributed by atoms with Crippen LogP contribution in [0.15, 0.2) is 42.7 Å². The van der Waals surface area contributed by atoms with Gasteiger partial charge in [-0.2, -0.15) is 0 Å². The van der Waals surface area contributed by atoms with Gasteiger partial charge >= 0.3 is 0 Å². The van der Waals surface area contributed by atoms with Gasteiger partial charge in [-0.25, -0.2) is 0 Å². The third-order valence-corrected chi connectivity index (χ3v) is 5.45. The zero-order valence-electron chi connectivity index (χ0n) is 15.6. The molecule has 0 unspecified atom stereocenters. The third kappa shape index (κ3) is 4.59. The summed E-state index contributed by atoms with van der Waals surface area (Å²) < 4.78 is 10.9. The first kappa shape index (κ1) is 17.8. The van der Waals surface area contributed by atoms with Crippen LogP contribution in [-0.2, 0) is 17.9 Å². The maximum Gasteiger partial charge on any atom is 0.231 e. The second kappa shape index (κ2) is 8.42. The minimum absolute atomic E-state index is 0.225. The Kier molecular flexibility index (Phi) is 5.56. The van der Waals surface area contributed by atoms with E-state index >= 15 is 0 Å². The lowest BCUT2D eigenvalue weighted by Crippen LogP contribution is -2.32. The molecule has 5 heteroatoms. The summed E-state index contributed by atoms with van der Waals surface area (Å²) in [6.07, 6.45) is 10.4. The molecule has 2 heterocycles. The number of ether oxygens (including phenoxy) is 2. The first-order valence-corrected chi connectivity index (χ1v) is 9.83. The summed E-state index contributed by atoms with van der Waals surface area (Å²) in [7, 11) is 0. The lowest BCUT2D eigenvalue weighted by molar-refractivity contribution is -0.133. The average molecular weight is 366 g/mol. The summed E-state index contributed by atoms with van der Waals surface area (Å²) in [6.45, 7) is 1.41. The van der Waals surface area contributed by atoms with Crippen molar-refractivity contribution in [2.75, 3.05) is 6.79 Å². The van der Waals surface area contributed by atoms with E-state index in [1.54, 1.807) is 6.20 Å². The number of pyridine rings is 1. The molecule has 1 amide bonds. The zero-order chi connectivity index (χ0) is 18.5. The highest BCUT2D eigenvalue weighted by molar-refractivity contribution is 5.76. The maximum atomic E-state index is 13.1. The van der Waals surface area contributed by atoms with Crippen LogP contribution in [0.1, 0.15) is 49.7 Å². The molecule has 1 aliphatic carbocycles. The molecule has 2 aromatic rings. The van der Waals surface area contributed by atoms with Crippen LogP contribution in [0.5, 0.6) is 11.5 Å². The number of amides is 1. The van der Waals surface area contributed by atoms with Gasteiger partial charge in [-0.1, -0.05) is 31.4 Å². The van der Waals surface area contributed by atoms with Gasteiger partial charge in [0.2, 0.25) is 12.7 Å². The lowest BCUT2D eigenvalue weighted by atomic mass is 9.86. The van der Waals surface area contributed by atoms with Crippen molar-refractivity contribution in [3.63, 3.8) is 0 Å². The van der Waals surface area contributed by atoms with Gasteiger partial charge in [0.15, 0.2) is 11.5 Å². The Morgan fingerprint density at radius 2 is 1.85 bits per heavy atom. The lowest BCUT2D eigenvalue weighted by Gasteiger charge is -2.27. The molecule has 142 valence electrons. The van der Waals surface area contributed by atoms with Gasteiger partial charge in [-0.3, -0.25) is 9.78 Å². The van der Waals surface area contributed by atoms with Crippen LogP contribution in [0.3, 0.4) is 0 Å². The number of carbonyl (C=O) groups excluding carboxylic acids is 1. The molecule has 0 bridgehead atoms. The highest BCUT2D eigenvalue weighted by atomic mass is 16.7. The molecule has 1 aromatic heterocycles. The van der Waals surface area contributed by atoms with E-state index in [-0.39, 0.29) is 12.7 Å². The standard InChI is InChI=1S/C22H26N2O3/c25-22(12-17-5-2-1-3-6-17)24(15-19-7-4-10-23-13-19)14-18-8-9-20-21(11-18)27-16-26-20/h4,7-11,13,17H,1-3,5-6,12,14-16H2. The molecule has 0 atom stereocenters. The predicted molar refractivity (Wildman–Crippen MR) is 102 cm³/mol. The summed E-state index contributed by atoms with van der Waals surface area (Å²) in [6, 6.07) is 9.85. The van der Waals surface area contributed by atoms with Crippen LogP contribution in [0.25, 0.3) is 0 Å². The predicted octanol–water partition coefficient (Wildman–Crippen LogP) is 4.31. The Balaban J connectivity index is 1.49. The highest BCUT2D eigenvalue weighted by Gasteiger charge is 2.22. The Morgan fingerprint density at radius 1 is 1.04 bits per heavy atom. The van der Waals surface area contributed by atoms with E-state index < -0.39 is 0 Å². The molecular weight excluding hydrogens is 340 g/mol. The van der Waals surface area contributed by atoms with E-state index in [2.05, 4.69) is 4.98 Å². The van der Waals surface area contributed by atoms with E-state index in [0.717, 1.165) is 22.6 Å². The second-order valence-corrected chi connectivity index (χ2v) is 7.51. The number of fused-ring (bicyclic) bond motifs is 1. The Labute approximate surface area is 160 Å². The van der Waals surface area contributed by atoms with Crippen LogP contribution in [-0.4, -0.2) is 22.6 Å². The quantitative estimate of drug-likeness (QED) is 0.764. The van der Waals surface area contributed by atoms with Gasteiger partial charge in [0, 0.05) is 31.9 Å². The molecule has 0 N–H and O–H groups in total. The normalized spacial score (nSPS) is 16.3. The topological polar surface area (TPSA) is 51.7 Å². The highest BCUT2D eigenvalue weighted by Crippen LogP contribution is 2.33. The van der Waals surface area contributed by atoms with Gasteiger partial charge in [-0.05, 0) is 48.1 Å². The molecule has 2 aliphatic rings. The number of carbonyl (C=O) groups is 1. The molecule has 27 heavy (non-hydrogen) atoms. The van der Waals surface area contributed by atoms with Crippen LogP contribution in [0.2, 0.25) is 0 Å². The van der Waals surface area contributed by atoms with E-state index in [1.807, 2.05) is 41.4 Å². The Bertz CT molecular complexity index is 772. The number of benzene rings is 1. The van der Waals surface area contributed by atoms with Crippen molar-refractivity contribution in [3.05, 3.63) is 53.9 Å². The first-order valence-electron chi connectivity index (χ1n) is 9.83.